The Morgan fingerprint density at radius 3 is 2.95 bits per heavy atom. The first-order chi connectivity index (χ1) is 9.66. The maximum absolute atomic E-state index is 12.2. The summed E-state index contributed by atoms with van der Waals surface area (Å²) in [5.74, 6) is 0.0278. The van der Waals surface area contributed by atoms with Gasteiger partial charge < -0.3 is 15.2 Å². The molecule has 1 unspecified atom stereocenters. The molecule has 104 valence electrons. The van der Waals surface area contributed by atoms with Crippen LogP contribution in [0, 0.1) is 5.92 Å². The quantitative estimate of drug-likeness (QED) is 0.859. The number of aryl methyl sites for hydroxylation is 1. The Morgan fingerprint density at radius 2 is 2.20 bits per heavy atom. The molecule has 5 nitrogen and oxygen atoms in total. The van der Waals surface area contributed by atoms with Gasteiger partial charge in [0.25, 0.3) is 5.56 Å². The van der Waals surface area contributed by atoms with Gasteiger partial charge in [0, 0.05) is 36.2 Å². The highest BCUT2D eigenvalue weighted by molar-refractivity contribution is 6.02. The number of fused-ring (bicyclic) bond motifs is 1. The fourth-order valence-corrected chi connectivity index (χ4v) is 2.60. The predicted octanol–water partition coefficient (Wildman–Crippen LogP) is 1.09. The molecule has 0 saturated carbocycles. The first-order valence-corrected chi connectivity index (χ1v) is 6.77. The molecule has 1 amide bonds. The molecule has 5 heteroatoms. The molecule has 2 aromatic rings. The van der Waals surface area contributed by atoms with Crippen LogP contribution in [0.5, 0.6) is 0 Å². The zero-order valence-electron chi connectivity index (χ0n) is 11.3. The lowest BCUT2D eigenvalue weighted by Gasteiger charge is -2.12. The maximum Gasteiger partial charge on any atom is 0.258 e. The van der Waals surface area contributed by atoms with Crippen LogP contribution in [0.2, 0.25) is 0 Å². The van der Waals surface area contributed by atoms with Crippen LogP contribution in [-0.2, 0) is 11.8 Å². The van der Waals surface area contributed by atoms with E-state index in [1.54, 1.807) is 25.4 Å². The minimum Gasteiger partial charge on any atom is -0.325 e. The lowest BCUT2D eigenvalue weighted by atomic mass is 10.1. The average Bonchev–Trinajstić information content (AvgIpc) is 2.97. The summed E-state index contributed by atoms with van der Waals surface area (Å²) in [7, 11) is 1.72. The number of hydrogen-bond donors (Lipinski definition) is 2. The zero-order valence-corrected chi connectivity index (χ0v) is 11.3. The third-order valence-corrected chi connectivity index (χ3v) is 3.81. The molecule has 2 heterocycles. The van der Waals surface area contributed by atoms with E-state index in [9.17, 15) is 9.59 Å². The highest BCUT2D eigenvalue weighted by Crippen LogP contribution is 2.22. The van der Waals surface area contributed by atoms with E-state index in [0.29, 0.717) is 11.1 Å². The summed E-state index contributed by atoms with van der Waals surface area (Å²) in [6.45, 7) is 1.60. The first kappa shape index (κ1) is 12.9. The van der Waals surface area contributed by atoms with Gasteiger partial charge in [0.1, 0.15) is 0 Å². The zero-order chi connectivity index (χ0) is 14.1. The van der Waals surface area contributed by atoms with Crippen LogP contribution in [0.25, 0.3) is 10.8 Å². The van der Waals surface area contributed by atoms with E-state index in [-0.39, 0.29) is 17.4 Å². The van der Waals surface area contributed by atoms with Crippen LogP contribution in [0.4, 0.5) is 5.69 Å². The smallest absolute Gasteiger partial charge is 0.258 e. The minimum absolute atomic E-state index is 0.0109. The number of hydrogen-bond acceptors (Lipinski definition) is 3. The Labute approximate surface area is 116 Å². The van der Waals surface area contributed by atoms with Gasteiger partial charge >= 0.3 is 0 Å². The van der Waals surface area contributed by atoms with Gasteiger partial charge in [0.2, 0.25) is 5.91 Å². The molecule has 0 spiro atoms. The summed E-state index contributed by atoms with van der Waals surface area (Å²) >= 11 is 0. The van der Waals surface area contributed by atoms with Gasteiger partial charge in [-0.05, 0) is 31.2 Å². The topological polar surface area (TPSA) is 63.1 Å². The second-order valence-electron chi connectivity index (χ2n) is 5.18. The van der Waals surface area contributed by atoms with E-state index in [2.05, 4.69) is 10.6 Å². The summed E-state index contributed by atoms with van der Waals surface area (Å²) in [6, 6.07) is 7.28. The molecule has 1 aliphatic rings. The molecule has 3 rings (SSSR count). The van der Waals surface area contributed by atoms with Crippen molar-refractivity contribution in [2.24, 2.45) is 13.0 Å². The van der Waals surface area contributed by atoms with Crippen molar-refractivity contribution in [2.75, 3.05) is 18.4 Å². The fraction of sp³-hybridized carbons (Fsp3) is 0.333. The lowest BCUT2D eigenvalue weighted by Crippen LogP contribution is -2.25. The fourth-order valence-electron chi connectivity index (χ4n) is 2.60. The van der Waals surface area contributed by atoms with Crippen LogP contribution < -0.4 is 16.2 Å². The Bertz CT molecular complexity index is 715. The number of rotatable bonds is 2. The number of aromatic nitrogens is 1. The molecule has 0 aliphatic carbocycles. The van der Waals surface area contributed by atoms with E-state index >= 15 is 0 Å². The monoisotopic (exact) mass is 271 g/mol. The van der Waals surface area contributed by atoms with E-state index in [0.717, 1.165) is 24.9 Å². The molecule has 1 aromatic heterocycles. The first-order valence-electron chi connectivity index (χ1n) is 6.77. The number of carbonyl (C=O) groups excluding carboxylic acids is 1. The Morgan fingerprint density at radius 1 is 1.35 bits per heavy atom. The van der Waals surface area contributed by atoms with Crippen molar-refractivity contribution >= 4 is 22.4 Å². The Kier molecular flexibility index (Phi) is 3.28. The highest BCUT2D eigenvalue weighted by Gasteiger charge is 2.22. The van der Waals surface area contributed by atoms with Gasteiger partial charge in [0.15, 0.2) is 0 Å². The molecular weight excluding hydrogens is 254 g/mol. The van der Waals surface area contributed by atoms with Crippen LogP contribution in [0.15, 0.2) is 35.3 Å². The highest BCUT2D eigenvalue weighted by atomic mass is 16.2. The molecule has 0 bridgehead atoms. The van der Waals surface area contributed by atoms with Gasteiger partial charge in [-0.2, -0.15) is 0 Å². The van der Waals surface area contributed by atoms with Crippen molar-refractivity contribution in [1.82, 2.24) is 9.88 Å². The standard InChI is InChI=1S/C15H17N3O2/c1-18-8-6-11-12(15(18)20)3-2-4-13(11)17-14(19)10-5-7-16-9-10/h2-4,6,8,10,16H,5,7,9H2,1H3,(H,17,19). The van der Waals surface area contributed by atoms with Gasteiger partial charge in [-0.15, -0.1) is 0 Å². The molecular formula is C15H17N3O2. The number of anilines is 1. The SMILES string of the molecule is Cn1ccc2c(NC(=O)C3CCNC3)cccc2c1=O. The van der Waals surface area contributed by atoms with E-state index in [4.69, 9.17) is 0 Å². The number of amides is 1. The van der Waals surface area contributed by atoms with Crippen molar-refractivity contribution in [2.45, 2.75) is 6.42 Å². The van der Waals surface area contributed by atoms with Crippen LogP contribution in [0.3, 0.4) is 0 Å². The largest absolute Gasteiger partial charge is 0.325 e. The number of nitrogens with zero attached hydrogens (tertiary/aromatic N) is 1. The average molecular weight is 271 g/mol. The molecule has 2 N–H and O–H groups in total. The van der Waals surface area contributed by atoms with E-state index in [1.807, 2.05) is 12.1 Å². The normalized spacial score (nSPS) is 18.4. The summed E-state index contributed by atoms with van der Waals surface area (Å²) < 4.78 is 1.54. The van der Waals surface area contributed by atoms with Gasteiger partial charge in [-0.3, -0.25) is 9.59 Å². The Balaban J connectivity index is 1.97. The third kappa shape index (κ3) is 2.20. The van der Waals surface area contributed by atoms with Crippen molar-refractivity contribution in [1.29, 1.82) is 0 Å². The molecule has 20 heavy (non-hydrogen) atoms. The summed E-state index contributed by atoms with van der Waals surface area (Å²) in [5.41, 5.74) is 0.651. The van der Waals surface area contributed by atoms with E-state index in [1.165, 1.54) is 4.57 Å². The molecule has 1 atom stereocenters. The molecule has 1 aromatic carbocycles. The number of nitrogens with one attached hydrogen (secondary N) is 2. The predicted molar refractivity (Wildman–Crippen MR) is 78.8 cm³/mol. The minimum atomic E-state index is -0.0545. The Hall–Kier alpha value is -2.14. The van der Waals surface area contributed by atoms with Crippen LogP contribution in [0.1, 0.15) is 6.42 Å². The van der Waals surface area contributed by atoms with Gasteiger partial charge in [-0.25, -0.2) is 0 Å². The molecule has 1 saturated heterocycles. The second kappa shape index (κ2) is 5.09. The maximum atomic E-state index is 12.2. The second-order valence-corrected chi connectivity index (χ2v) is 5.18. The van der Waals surface area contributed by atoms with Crippen molar-refractivity contribution in [3.8, 4) is 0 Å². The van der Waals surface area contributed by atoms with Crippen LogP contribution in [-0.4, -0.2) is 23.6 Å². The van der Waals surface area contributed by atoms with Gasteiger partial charge in [0.05, 0.1) is 5.92 Å². The molecule has 0 radical (unpaired) electrons. The lowest BCUT2D eigenvalue weighted by molar-refractivity contribution is -0.119. The van der Waals surface area contributed by atoms with Crippen molar-refractivity contribution < 1.29 is 4.79 Å². The third-order valence-electron chi connectivity index (χ3n) is 3.81. The number of pyridine rings is 1. The van der Waals surface area contributed by atoms with E-state index < -0.39 is 0 Å². The summed E-state index contributed by atoms with van der Waals surface area (Å²) in [4.78, 5) is 24.2. The van der Waals surface area contributed by atoms with Crippen molar-refractivity contribution in [3.05, 3.63) is 40.8 Å². The van der Waals surface area contributed by atoms with Crippen LogP contribution >= 0.6 is 0 Å². The van der Waals surface area contributed by atoms with Gasteiger partial charge in [-0.1, -0.05) is 6.07 Å². The number of carbonyl (C=O) groups is 1. The summed E-state index contributed by atoms with van der Waals surface area (Å²) in [5, 5.41) is 7.53. The molecule has 1 aliphatic heterocycles. The summed E-state index contributed by atoms with van der Waals surface area (Å²) in [6.07, 6.45) is 2.58. The van der Waals surface area contributed by atoms with Crippen molar-refractivity contribution in [3.63, 3.8) is 0 Å². The number of benzene rings is 1. The molecule has 1 fully saturated rings.